The molecule has 3 aliphatic rings. The van der Waals surface area contributed by atoms with E-state index in [2.05, 4.69) is 96.5 Å². The predicted octanol–water partition coefficient (Wildman–Crippen LogP) is 11.8. The van der Waals surface area contributed by atoms with E-state index in [0.29, 0.717) is 35.1 Å². The van der Waals surface area contributed by atoms with E-state index in [1.807, 2.05) is 18.3 Å². The van der Waals surface area contributed by atoms with E-state index in [-0.39, 0.29) is 0 Å². The van der Waals surface area contributed by atoms with Gasteiger partial charge in [0.2, 0.25) is 5.75 Å². The molecule has 3 fully saturated rings. The molecule has 1 saturated heterocycles. The van der Waals surface area contributed by atoms with Gasteiger partial charge in [-0.3, -0.25) is 9.88 Å². The summed E-state index contributed by atoms with van der Waals surface area (Å²) in [6.45, 7) is 8.08. The zero-order valence-electron chi connectivity index (χ0n) is 37.0. The Morgan fingerprint density at radius 3 is 1.97 bits per heavy atom. The molecule has 0 bridgehead atoms. The number of ether oxygens (including phenoxy) is 5. The van der Waals surface area contributed by atoms with E-state index in [4.69, 9.17) is 28.7 Å². The maximum absolute atomic E-state index is 5.90. The summed E-state index contributed by atoms with van der Waals surface area (Å²) in [7, 11) is 8.43. The summed E-state index contributed by atoms with van der Waals surface area (Å²) >= 11 is 0. The van der Waals surface area contributed by atoms with Crippen LogP contribution >= 0.6 is 0 Å². The minimum atomic E-state index is 0.398. The summed E-state index contributed by atoms with van der Waals surface area (Å²) in [5.41, 5.74) is 10.8. The number of anilines is 1. The SMILES string of the molecule is C\C=C/C(=C\C(=C\CC)c1cc(OC)c(OC)c(C2CCC2)c1)CN1CCC(N(Cc2ccnc(-c3cc(OC)c(OC)c(OC)c3)c2)c2ccc(C3CCC3)cc2)CC1. The Balaban J connectivity index is 1.11. The van der Waals surface area contributed by atoms with E-state index in [9.17, 15) is 0 Å². The van der Waals surface area contributed by atoms with Crippen LogP contribution in [0.5, 0.6) is 28.7 Å². The van der Waals surface area contributed by atoms with Crippen molar-refractivity contribution in [3.8, 4) is 40.0 Å². The van der Waals surface area contributed by atoms with Gasteiger partial charge >= 0.3 is 0 Å². The number of hydrogen-bond donors (Lipinski definition) is 0. The van der Waals surface area contributed by atoms with Crippen LogP contribution in [0.15, 0.2) is 96.7 Å². The highest BCUT2D eigenvalue weighted by Crippen LogP contribution is 2.46. The first-order chi connectivity index (χ1) is 29.4. The molecule has 2 aliphatic carbocycles. The minimum absolute atomic E-state index is 0.398. The van der Waals surface area contributed by atoms with Gasteiger partial charge in [-0.2, -0.15) is 0 Å². The molecule has 60 heavy (non-hydrogen) atoms. The molecule has 4 aromatic rings. The number of rotatable bonds is 18. The standard InChI is InChI=1S/C52H65N3O5/c1-8-12-36(28-41(13-9-2)42-30-46(40-16-11-17-40)51(59-6)48(31-42)56-3)34-54-26-23-45(24-27-54)55(44-20-18-39(19-21-44)38-14-10-15-38)35-37-22-25-53-47(29-37)43-32-49(57-4)52(60-7)50(33-43)58-5/h8,12-13,18-22,25,28-33,38,40,45H,9-11,14-17,23-24,26-27,34-35H2,1-7H3/b12-8-,36-28+,41-13-. The van der Waals surface area contributed by atoms with Crippen LogP contribution in [0.25, 0.3) is 16.8 Å². The topological polar surface area (TPSA) is 65.5 Å². The van der Waals surface area contributed by atoms with Crippen molar-refractivity contribution in [3.05, 3.63) is 119 Å². The summed E-state index contributed by atoms with van der Waals surface area (Å²) in [6, 6.07) is 22.7. The summed E-state index contributed by atoms with van der Waals surface area (Å²) in [5, 5.41) is 0. The average molecular weight is 812 g/mol. The molecule has 0 radical (unpaired) electrons. The monoisotopic (exact) mass is 811 g/mol. The van der Waals surface area contributed by atoms with E-state index < -0.39 is 0 Å². The van der Waals surface area contributed by atoms with Gasteiger partial charge < -0.3 is 28.6 Å². The molecular weight excluding hydrogens is 747 g/mol. The van der Waals surface area contributed by atoms with Crippen molar-refractivity contribution in [3.63, 3.8) is 0 Å². The Morgan fingerprint density at radius 2 is 1.40 bits per heavy atom. The van der Waals surface area contributed by atoms with Crippen LogP contribution in [0.2, 0.25) is 0 Å². The molecule has 2 saturated carbocycles. The van der Waals surface area contributed by atoms with Crippen LogP contribution < -0.4 is 28.6 Å². The zero-order chi connectivity index (χ0) is 42.0. The molecule has 1 aromatic heterocycles. The molecule has 8 heteroatoms. The third kappa shape index (κ3) is 9.70. The molecule has 3 aromatic carbocycles. The zero-order valence-corrected chi connectivity index (χ0v) is 37.0. The van der Waals surface area contributed by atoms with Crippen LogP contribution in [-0.4, -0.2) is 71.1 Å². The first kappa shape index (κ1) is 42.9. The van der Waals surface area contributed by atoms with Gasteiger partial charge in [-0.25, -0.2) is 0 Å². The predicted molar refractivity (Wildman–Crippen MR) is 245 cm³/mol. The molecule has 0 spiro atoms. The Hall–Kier alpha value is -5.21. The molecule has 8 nitrogen and oxygen atoms in total. The molecule has 318 valence electrons. The molecule has 0 N–H and O–H groups in total. The fourth-order valence-corrected chi connectivity index (χ4v) is 9.14. The summed E-state index contributed by atoms with van der Waals surface area (Å²) in [4.78, 5) is 10.1. The first-order valence-corrected chi connectivity index (χ1v) is 22.0. The van der Waals surface area contributed by atoms with Crippen LogP contribution in [-0.2, 0) is 6.54 Å². The Kier molecular flexibility index (Phi) is 14.6. The number of piperidine rings is 1. The third-order valence-corrected chi connectivity index (χ3v) is 12.9. The number of hydrogen-bond acceptors (Lipinski definition) is 8. The largest absolute Gasteiger partial charge is 0.493 e. The third-order valence-electron chi connectivity index (χ3n) is 12.9. The molecule has 2 heterocycles. The molecule has 0 amide bonds. The Morgan fingerprint density at radius 1 is 0.750 bits per heavy atom. The van der Waals surface area contributed by atoms with E-state index in [1.165, 1.54) is 77.6 Å². The van der Waals surface area contributed by atoms with Gasteiger partial charge in [0.15, 0.2) is 23.0 Å². The van der Waals surface area contributed by atoms with Crippen LogP contribution in [0.3, 0.4) is 0 Å². The van der Waals surface area contributed by atoms with E-state index in [1.54, 1.807) is 35.5 Å². The van der Waals surface area contributed by atoms with Crippen molar-refractivity contribution < 1.29 is 23.7 Å². The number of pyridine rings is 1. The quantitative estimate of drug-likeness (QED) is 0.0921. The van der Waals surface area contributed by atoms with Crippen molar-refractivity contribution in [1.82, 2.24) is 9.88 Å². The van der Waals surface area contributed by atoms with Gasteiger partial charge in [0, 0.05) is 55.2 Å². The lowest BCUT2D eigenvalue weighted by Crippen LogP contribution is -2.45. The van der Waals surface area contributed by atoms with Crippen molar-refractivity contribution >= 4 is 11.3 Å². The van der Waals surface area contributed by atoms with Gasteiger partial charge in [0.1, 0.15) is 0 Å². The van der Waals surface area contributed by atoms with Gasteiger partial charge in [-0.15, -0.1) is 0 Å². The number of allylic oxidation sites excluding steroid dienone is 4. The minimum Gasteiger partial charge on any atom is -0.493 e. The van der Waals surface area contributed by atoms with E-state index >= 15 is 0 Å². The van der Waals surface area contributed by atoms with Gasteiger partial charge in [-0.1, -0.05) is 56.2 Å². The van der Waals surface area contributed by atoms with Gasteiger partial charge in [-0.05, 0) is 140 Å². The summed E-state index contributed by atoms with van der Waals surface area (Å²) in [6.07, 6.45) is 21.8. The second-order valence-corrected chi connectivity index (χ2v) is 16.5. The fourth-order valence-electron chi connectivity index (χ4n) is 9.14. The first-order valence-electron chi connectivity index (χ1n) is 22.0. The Bertz CT molecular complexity index is 2120. The molecule has 0 atom stereocenters. The number of likely N-dealkylation sites (tertiary alicyclic amines) is 1. The molecule has 7 rings (SSSR count). The number of benzene rings is 3. The number of nitrogens with zero attached hydrogens (tertiary/aromatic N) is 3. The second-order valence-electron chi connectivity index (χ2n) is 16.5. The maximum atomic E-state index is 5.90. The highest BCUT2D eigenvalue weighted by atomic mass is 16.5. The van der Waals surface area contributed by atoms with Crippen molar-refractivity contribution in [2.45, 2.75) is 96.1 Å². The van der Waals surface area contributed by atoms with E-state index in [0.717, 1.165) is 68.2 Å². The van der Waals surface area contributed by atoms with Crippen molar-refractivity contribution in [2.75, 3.05) is 60.1 Å². The normalized spacial score (nSPS) is 17.0. The van der Waals surface area contributed by atoms with Crippen LogP contribution in [0.1, 0.15) is 106 Å². The molecule has 1 aliphatic heterocycles. The molecule has 0 unspecified atom stereocenters. The van der Waals surface area contributed by atoms with Crippen molar-refractivity contribution in [1.29, 1.82) is 0 Å². The van der Waals surface area contributed by atoms with Gasteiger partial charge in [0.05, 0.1) is 41.2 Å². The molecular formula is C52H65N3O5. The average Bonchev–Trinajstić information content (AvgIpc) is 3.24. The maximum Gasteiger partial charge on any atom is 0.203 e. The lowest BCUT2D eigenvalue weighted by molar-refractivity contribution is 0.224. The highest BCUT2D eigenvalue weighted by Gasteiger charge is 2.28. The lowest BCUT2D eigenvalue weighted by Gasteiger charge is -2.40. The van der Waals surface area contributed by atoms with Gasteiger partial charge in [0.25, 0.3) is 0 Å². The number of aromatic nitrogens is 1. The lowest BCUT2D eigenvalue weighted by atomic mass is 9.78. The summed E-state index contributed by atoms with van der Waals surface area (Å²) < 4.78 is 28.7. The summed E-state index contributed by atoms with van der Waals surface area (Å²) in [5.74, 6) is 4.73. The van der Waals surface area contributed by atoms with Crippen LogP contribution in [0.4, 0.5) is 5.69 Å². The Labute approximate surface area is 358 Å². The fraction of sp³-hybridized carbons (Fsp3) is 0.442. The highest BCUT2D eigenvalue weighted by molar-refractivity contribution is 5.78. The number of methoxy groups -OCH3 is 5. The smallest absolute Gasteiger partial charge is 0.203 e. The van der Waals surface area contributed by atoms with Crippen LogP contribution in [0, 0.1) is 0 Å². The van der Waals surface area contributed by atoms with Crippen molar-refractivity contribution in [2.24, 2.45) is 0 Å². The second kappa shape index (κ2) is 20.4.